The molecule has 0 saturated carbocycles. The highest BCUT2D eigenvalue weighted by Gasteiger charge is 2.07. The van der Waals surface area contributed by atoms with Crippen molar-refractivity contribution in [2.75, 3.05) is 12.8 Å². The van der Waals surface area contributed by atoms with E-state index < -0.39 is 0 Å². The maximum atomic E-state index is 9.89. The van der Waals surface area contributed by atoms with Gasteiger partial charge in [-0.05, 0) is 131 Å². The fraction of sp³-hybridized carbons (Fsp3) is 0.514. The van der Waals surface area contributed by atoms with E-state index in [-0.39, 0.29) is 5.75 Å². The Labute approximate surface area is 246 Å². The Morgan fingerprint density at radius 2 is 1.00 bits per heavy atom. The van der Waals surface area contributed by atoms with Gasteiger partial charge in [0.15, 0.2) is 0 Å². The van der Waals surface area contributed by atoms with E-state index in [1.165, 1.54) is 46.3 Å². The Kier molecular flexibility index (Phi) is 17.6. The lowest BCUT2D eigenvalue weighted by molar-refractivity contribution is 0.409. The molecule has 1 aromatic carbocycles. The van der Waals surface area contributed by atoms with Gasteiger partial charge in [0, 0.05) is 6.07 Å². The van der Waals surface area contributed by atoms with Gasteiger partial charge in [-0.15, -0.1) is 0 Å². The smallest absolute Gasteiger partial charge is 0.145 e. The van der Waals surface area contributed by atoms with Gasteiger partial charge in [-0.1, -0.05) is 69.9 Å². The molecule has 3 heteroatoms. The van der Waals surface area contributed by atoms with Crippen molar-refractivity contribution >= 4 is 5.69 Å². The summed E-state index contributed by atoms with van der Waals surface area (Å²) in [5.41, 5.74) is 16.4. The molecule has 0 bridgehead atoms. The van der Waals surface area contributed by atoms with Gasteiger partial charge in [0.25, 0.3) is 0 Å². The number of allylic oxidation sites excluding steroid dienone is 12. The summed E-state index contributed by atoms with van der Waals surface area (Å²) < 4.78 is 5.25. The zero-order chi connectivity index (χ0) is 29.9. The number of hydrogen-bond acceptors (Lipinski definition) is 3. The largest absolute Gasteiger partial charge is 0.508 e. The molecule has 0 unspecified atom stereocenters. The van der Waals surface area contributed by atoms with Crippen molar-refractivity contribution in [3.8, 4) is 11.5 Å². The average molecular weight is 548 g/mol. The van der Waals surface area contributed by atoms with Gasteiger partial charge in [-0.2, -0.15) is 0 Å². The number of nitrogen functional groups attached to an aromatic ring is 1. The number of aromatic hydroxyl groups is 1. The lowest BCUT2D eigenvalue weighted by Crippen LogP contribution is -1.98. The molecular weight excluding hydrogens is 490 g/mol. The van der Waals surface area contributed by atoms with E-state index in [2.05, 4.69) is 84.9 Å². The molecule has 0 atom stereocenters. The molecule has 0 heterocycles. The Morgan fingerprint density at radius 1 is 0.625 bits per heavy atom. The minimum absolute atomic E-state index is 0.182. The van der Waals surface area contributed by atoms with Crippen molar-refractivity contribution < 1.29 is 9.84 Å². The first-order chi connectivity index (χ1) is 19.0. The monoisotopic (exact) mass is 547 g/mol. The fourth-order valence-corrected chi connectivity index (χ4v) is 4.57. The molecule has 40 heavy (non-hydrogen) atoms. The fourth-order valence-electron chi connectivity index (χ4n) is 4.57. The van der Waals surface area contributed by atoms with E-state index in [9.17, 15) is 5.11 Å². The number of phenolic OH excluding ortho intramolecular Hbond substituents is 1. The summed E-state index contributed by atoms with van der Waals surface area (Å²) in [4.78, 5) is 0. The molecule has 0 spiro atoms. The van der Waals surface area contributed by atoms with Gasteiger partial charge < -0.3 is 15.6 Å². The minimum atomic E-state index is 0.182. The molecule has 0 fully saturated rings. The number of methoxy groups -OCH3 is 1. The summed E-state index contributed by atoms with van der Waals surface area (Å²) in [6, 6.07) is 3.27. The SMILES string of the molecule is COc1cc(O)cc(C/C=C(\C)CC/C=C(\C)CC/C=C(\C)CC/C=C(\C)CC/C=C(\C)CCC=C(C)C)c1N. The highest BCUT2D eigenvalue weighted by Crippen LogP contribution is 2.31. The average Bonchev–Trinajstić information content (AvgIpc) is 2.88. The van der Waals surface area contributed by atoms with Crippen molar-refractivity contribution in [2.45, 2.75) is 119 Å². The molecule has 1 rings (SSSR count). The van der Waals surface area contributed by atoms with E-state index in [1.54, 1.807) is 19.2 Å². The second-order valence-electron chi connectivity index (χ2n) is 11.7. The van der Waals surface area contributed by atoms with E-state index in [0.29, 0.717) is 17.9 Å². The lowest BCUT2D eigenvalue weighted by Gasteiger charge is -2.10. The Bertz CT molecular complexity index is 1090. The third kappa shape index (κ3) is 16.2. The van der Waals surface area contributed by atoms with Crippen LogP contribution in [-0.2, 0) is 6.42 Å². The molecule has 3 nitrogen and oxygen atoms in total. The Morgan fingerprint density at radius 3 is 1.38 bits per heavy atom. The van der Waals surface area contributed by atoms with Crippen molar-refractivity contribution in [2.24, 2.45) is 0 Å². The van der Waals surface area contributed by atoms with E-state index in [1.807, 2.05) is 0 Å². The highest BCUT2D eigenvalue weighted by molar-refractivity contribution is 5.62. The van der Waals surface area contributed by atoms with E-state index in [0.717, 1.165) is 56.9 Å². The highest BCUT2D eigenvalue weighted by atomic mass is 16.5. The number of rotatable bonds is 18. The van der Waals surface area contributed by atoms with Crippen LogP contribution in [0.3, 0.4) is 0 Å². The second-order valence-corrected chi connectivity index (χ2v) is 11.7. The maximum Gasteiger partial charge on any atom is 0.145 e. The number of hydrogen-bond donors (Lipinski definition) is 2. The van der Waals surface area contributed by atoms with E-state index >= 15 is 0 Å². The summed E-state index contributed by atoms with van der Waals surface area (Å²) in [7, 11) is 1.57. The molecule has 0 aromatic heterocycles. The maximum absolute atomic E-state index is 9.89. The third-order valence-electron chi connectivity index (χ3n) is 7.32. The minimum Gasteiger partial charge on any atom is -0.508 e. The van der Waals surface area contributed by atoms with Crippen LogP contribution in [0.2, 0.25) is 0 Å². The lowest BCUT2D eigenvalue weighted by atomic mass is 10.0. The first-order valence-electron chi connectivity index (χ1n) is 15.1. The second kappa shape index (κ2) is 20.0. The van der Waals surface area contributed by atoms with Crippen molar-refractivity contribution in [3.05, 3.63) is 87.6 Å². The zero-order valence-electron chi connectivity index (χ0n) is 26.8. The number of anilines is 1. The molecule has 0 radical (unpaired) electrons. The molecule has 0 aliphatic rings. The van der Waals surface area contributed by atoms with E-state index in [4.69, 9.17) is 10.5 Å². The summed E-state index contributed by atoms with van der Waals surface area (Å²) in [5.74, 6) is 0.705. The van der Waals surface area contributed by atoms with Crippen LogP contribution >= 0.6 is 0 Å². The summed E-state index contributed by atoms with van der Waals surface area (Å²) in [6.45, 7) is 15.5. The molecule has 3 N–H and O–H groups in total. The molecule has 0 aliphatic heterocycles. The van der Waals surface area contributed by atoms with Crippen LogP contribution in [0.4, 0.5) is 5.69 Å². The van der Waals surface area contributed by atoms with Crippen molar-refractivity contribution in [1.82, 2.24) is 0 Å². The Hall–Kier alpha value is -2.94. The van der Waals surface area contributed by atoms with Crippen LogP contribution in [0.25, 0.3) is 0 Å². The number of nitrogens with two attached hydrogens (primary N) is 1. The van der Waals surface area contributed by atoms with Crippen LogP contribution in [0.5, 0.6) is 11.5 Å². The zero-order valence-corrected chi connectivity index (χ0v) is 26.8. The topological polar surface area (TPSA) is 55.5 Å². The Balaban J connectivity index is 2.33. The molecular formula is C37H57NO2. The van der Waals surface area contributed by atoms with Gasteiger partial charge in [-0.3, -0.25) is 0 Å². The van der Waals surface area contributed by atoms with Crippen molar-refractivity contribution in [1.29, 1.82) is 0 Å². The molecule has 0 saturated heterocycles. The molecule has 222 valence electrons. The molecule has 1 aromatic rings. The molecule has 0 aliphatic carbocycles. The first-order valence-corrected chi connectivity index (χ1v) is 15.1. The van der Waals surface area contributed by atoms with Crippen LogP contribution in [0.1, 0.15) is 118 Å². The predicted molar refractivity (Wildman–Crippen MR) is 177 cm³/mol. The van der Waals surface area contributed by atoms with Gasteiger partial charge >= 0.3 is 0 Å². The van der Waals surface area contributed by atoms with Crippen LogP contribution < -0.4 is 10.5 Å². The van der Waals surface area contributed by atoms with Crippen LogP contribution in [-0.4, -0.2) is 12.2 Å². The van der Waals surface area contributed by atoms with Gasteiger partial charge in [0.05, 0.1) is 12.8 Å². The van der Waals surface area contributed by atoms with Gasteiger partial charge in [-0.25, -0.2) is 0 Å². The number of phenols is 1. The van der Waals surface area contributed by atoms with Crippen LogP contribution in [0, 0.1) is 0 Å². The predicted octanol–water partition coefficient (Wildman–Crippen LogP) is 11.1. The number of benzene rings is 1. The van der Waals surface area contributed by atoms with Crippen LogP contribution in [0.15, 0.2) is 82.0 Å². The van der Waals surface area contributed by atoms with Gasteiger partial charge in [0.1, 0.15) is 11.5 Å². The number of ether oxygens (including phenoxy) is 1. The first kappa shape index (κ1) is 35.1. The summed E-state index contributed by atoms with van der Waals surface area (Å²) in [5, 5.41) is 9.89. The quantitative estimate of drug-likeness (QED) is 0.109. The van der Waals surface area contributed by atoms with Crippen molar-refractivity contribution in [3.63, 3.8) is 0 Å². The summed E-state index contributed by atoms with van der Waals surface area (Å²) in [6.07, 6.45) is 26.1. The van der Waals surface area contributed by atoms with Gasteiger partial charge in [0.2, 0.25) is 0 Å². The standard InChI is InChI=1S/C37H57NO2/c1-28(2)14-9-15-29(3)16-10-17-30(4)18-11-19-31(5)20-12-21-32(6)22-13-23-33(7)24-25-34-26-35(39)27-36(40-8)37(34)38/h14,16,18,20,22,24,26-27,39H,9-13,15,17,19,21,23,25,38H2,1-8H3/b29-16+,30-18+,31-20+,32-22+,33-24+. The summed E-state index contributed by atoms with van der Waals surface area (Å²) >= 11 is 0. The third-order valence-corrected chi connectivity index (χ3v) is 7.32. The molecule has 0 amide bonds. The normalized spacial score (nSPS) is 13.6.